The zero-order valence-corrected chi connectivity index (χ0v) is 19.5. The van der Waals surface area contributed by atoms with E-state index in [0.29, 0.717) is 54.0 Å². The third-order valence-corrected chi connectivity index (χ3v) is 5.85. The van der Waals surface area contributed by atoms with Gasteiger partial charge in [0.25, 0.3) is 5.91 Å². The first-order valence-corrected chi connectivity index (χ1v) is 10.9. The van der Waals surface area contributed by atoms with Gasteiger partial charge in [0.2, 0.25) is 0 Å². The van der Waals surface area contributed by atoms with Crippen LogP contribution in [-0.2, 0) is 0 Å². The van der Waals surface area contributed by atoms with E-state index in [2.05, 4.69) is 15.1 Å². The van der Waals surface area contributed by atoms with Crippen LogP contribution in [0.1, 0.15) is 10.4 Å². The van der Waals surface area contributed by atoms with Crippen LogP contribution in [0.5, 0.6) is 17.2 Å². The van der Waals surface area contributed by atoms with Crippen molar-refractivity contribution in [1.29, 1.82) is 0 Å². The van der Waals surface area contributed by atoms with Crippen LogP contribution in [-0.4, -0.2) is 68.5 Å². The van der Waals surface area contributed by atoms with Gasteiger partial charge in [0.05, 0.1) is 32.6 Å². The summed E-state index contributed by atoms with van der Waals surface area (Å²) in [5.74, 6) is 2.49. The van der Waals surface area contributed by atoms with E-state index in [1.165, 1.54) is 0 Å². The number of hydrogen-bond acceptors (Lipinski definition) is 7. The highest BCUT2D eigenvalue weighted by atomic mass is 35.5. The molecule has 0 N–H and O–H groups in total. The Morgan fingerprint density at radius 2 is 1.52 bits per heavy atom. The quantitative estimate of drug-likeness (QED) is 0.544. The molecule has 1 saturated heterocycles. The summed E-state index contributed by atoms with van der Waals surface area (Å²) < 4.78 is 16.0. The molecule has 4 rings (SSSR count). The molecule has 0 atom stereocenters. The summed E-state index contributed by atoms with van der Waals surface area (Å²) in [6.45, 7) is 2.43. The Bertz CT molecular complexity index is 1130. The molecule has 0 saturated carbocycles. The predicted molar refractivity (Wildman–Crippen MR) is 127 cm³/mol. The number of aromatic nitrogens is 2. The van der Waals surface area contributed by atoms with Crippen LogP contribution in [0.4, 0.5) is 5.82 Å². The van der Waals surface area contributed by atoms with Gasteiger partial charge in [0.15, 0.2) is 17.3 Å². The maximum atomic E-state index is 13.0. The first-order chi connectivity index (χ1) is 16.0. The summed E-state index contributed by atoms with van der Waals surface area (Å²) in [5.41, 5.74) is 2.09. The van der Waals surface area contributed by atoms with Crippen molar-refractivity contribution in [3.05, 3.63) is 59.1 Å². The molecule has 0 bridgehead atoms. The molecule has 0 aliphatic carbocycles. The standard InChI is InChI=1S/C24H25ClN4O4/c1-31-20-8-5-17(25)15-18(20)24(30)29-12-10-28(11-13-29)23-9-6-19(26-27-23)16-4-7-21(32-2)22(14-16)33-3/h4-9,14-15H,10-13H2,1-3H3. The van der Waals surface area contributed by atoms with E-state index >= 15 is 0 Å². The van der Waals surface area contributed by atoms with Crippen molar-refractivity contribution in [3.63, 3.8) is 0 Å². The maximum absolute atomic E-state index is 13.0. The Balaban J connectivity index is 1.42. The molecule has 1 aliphatic rings. The first kappa shape index (κ1) is 22.7. The molecule has 8 nitrogen and oxygen atoms in total. The molecule has 0 unspecified atom stereocenters. The highest BCUT2D eigenvalue weighted by Crippen LogP contribution is 2.32. The average molecular weight is 469 g/mol. The van der Waals surface area contributed by atoms with E-state index in [0.717, 1.165) is 17.1 Å². The lowest BCUT2D eigenvalue weighted by Gasteiger charge is -2.35. The number of ether oxygens (including phenoxy) is 3. The molecular formula is C24H25ClN4O4. The van der Waals surface area contributed by atoms with Crippen LogP contribution in [0.15, 0.2) is 48.5 Å². The highest BCUT2D eigenvalue weighted by Gasteiger charge is 2.25. The summed E-state index contributed by atoms with van der Waals surface area (Å²) in [6, 6.07) is 14.6. The predicted octanol–water partition coefficient (Wildman–Crippen LogP) is 3.79. The first-order valence-electron chi connectivity index (χ1n) is 10.5. The molecule has 1 fully saturated rings. The minimum atomic E-state index is -0.0936. The summed E-state index contributed by atoms with van der Waals surface area (Å²) >= 11 is 6.09. The average Bonchev–Trinajstić information content (AvgIpc) is 2.88. The van der Waals surface area contributed by atoms with Crippen molar-refractivity contribution in [2.75, 3.05) is 52.4 Å². The van der Waals surface area contributed by atoms with Gasteiger partial charge < -0.3 is 24.0 Å². The van der Waals surface area contributed by atoms with Crippen molar-refractivity contribution in [2.24, 2.45) is 0 Å². The Morgan fingerprint density at radius 1 is 0.818 bits per heavy atom. The number of nitrogens with zero attached hydrogens (tertiary/aromatic N) is 4. The molecule has 2 aromatic carbocycles. The highest BCUT2D eigenvalue weighted by molar-refractivity contribution is 6.31. The molecular weight excluding hydrogens is 444 g/mol. The van der Waals surface area contributed by atoms with Gasteiger partial charge in [-0.15, -0.1) is 10.2 Å². The number of methoxy groups -OCH3 is 3. The molecule has 1 aliphatic heterocycles. The number of benzene rings is 2. The lowest BCUT2D eigenvalue weighted by atomic mass is 10.1. The number of amides is 1. The second-order valence-electron chi connectivity index (χ2n) is 7.47. The number of anilines is 1. The van der Waals surface area contributed by atoms with Crippen LogP contribution >= 0.6 is 11.6 Å². The Hall–Kier alpha value is -3.52. The largest absolute Gasteiger partial charge is 0.496 e. The third kappa shape index (κ3) is 4.80. The zero-order chi connectivity index (χ0) is 23.4. The monoisotopic (exact) mass is 468 g/mol. The van der Waals surface area contributed by atoms with Crippen LogP contribution in [0.3, 0.4) is 0 Å². The number of halogens is 1. The number of rotatable bonds is 6. The van der Waals surface area contributed by atoms with E-state index in [9.17, 15) is 4.79 Å². The number of carbonyl (C=O) groups is 1. The lowest BCUT2D eigenvalue weighted by molar-refractivity contribution is 0.0743. The maximum Gasteiger partial charge on any atom is 0.257 e. The van der Waals surface area contributed by atoms with Gasteiger partial charge >= 0.3 is 0 Å². The van der Waals surface area contributed by atoms with Crippen LogP contribution < -0.4 is 19.1 Å². The van der Waals surface area contributed by atoms with E-state index in [1.54, 1.807) is 44.4 Å². The van der Waals surface area contributed by atoms with E-state index in [4.69, 9.17) is 25.8 Å². The van der Waals surface area contributed by atoms with Gasteiger partial charge in [-0.05, 0) is 48.5 Å². The lowest BCUT2D eigenvalue weighted by Crippen LogP contribution is -2.49. The van der Waals surface area contributed by atoms with Gasteiger partial charge in [-0.25, -0.2) is 0 Å². The molecule has 0 radical (unpaired) electrons. The fraction of sp³-hybridized carbons (Fsp3) is 0.292. The third-order valence-electron chi connectivity index (χ3n) is 5.61. The van der Waals surface area contributed by atoms with Gasteiger partial charge in [-0.2, -0.15) is 0 Å². The van der Waals surface area contributed by atoms with Gasteiger partial charge in [-0.3, -0.25) is 4.79 Å². The smallest absolute Gasteiger partial charge is 0.257 e. The minimum Gasteiger partial charge on any atom is -0.496 e. The van der Waals surface area contributed by atoms with Gasteiger partial charge in [0.1, 0.15) is 5.75 Å². The Morgan fingerprint density at radius 3 is 2.15 bits per heavy atom. The molecule has 0 spiro atoms. The van der Waals surface area contributed by atoms with E-state index in [1.807, 2.05) is 30.3 Å². The van der Waals surface area contributed by atoms with Crippen molar-refractivity contribution >= 4 is 23.3 Å². The van der Waals surface area contributed by atoms with E-state index < -0.39 is 0 Å². The Labute approximate surface area is 197 Å². The second kappa shape index (κ2) is 9.95. The topological polar surface area (TPSA) is 77.0 Å². The summed E-state index contributed by atoms with van der Waals surface area (Å²) in [7, 11) is 4.75. The molecule has 172 valence electrons. The van der Waals surface area contributed by atoms with Crippen molar-refractivity contribution in [1.82, 2.24) is 15.1 Å². The van der Waals surface area contributed by atoms with E-state index in [-0.39, 0.29) is 5.91 Å². The minimum absolute atomic E-state index is 0.0936. The molecule has 3 aromatic rings. The summed E-state index contributed by atoms with van der Waals surface area (Å²) in [6.07, 6.45) is 0. The molecule has 1 amide bonds. The molecule has 2 heterocycles. The fourth-order valence-corrected chi connectivity index (χ4v) is 3.97. The van der Waals surface area contributed by atoms with Gasteiger partial charge in [0, 0.05) is 36.8 Å². The Kier molecular flexibility index (Phi) is 6.84. The molecule has 9 heteroatoms. The van der Waals surface area contributed by atoms with Gasteiger partial charge in [-0.1, -0.05) is 11.6 Å². The van der Waals surface area contributed by atoms with Crippen molar-refractivity contribution in [2.45, 2.75) is 0 Å². The number of carbonyl (C=O) groups excluding carboxylic acids is 1. The summed E-state index contributed by atoms with van der Waals surface area (Å²) in [4.78, 5) is 16.9. The van der Waals surface area contributed by atoms with Crippen molar-refractivity contribution < 1.29 is 19.0 Å². The number of hydrogen-bond donors (Lipinski definition) is 0. The van der Waals surface area contributed by atoms with Crippen LogP contribution in [0.2, 0.25) is 5.02 Å². The molecule has 33 heavy (non-hydrogen) atoms. The SMILES string of the molecule is COc1ccc(-c2ccc(N3CCN(C(=O)c4cc(Cl)ccc4OC)CC3)nn2)cc1OC. The zero-order valence-electron chi connectivity index (χ0n) is 18.7. The second-order valence-corrected chi connectivity index (χ2v) is 7.91. The summed E-state index contributed by atoms with van der Waals surface area (Å²) in [5, 5.41) is 9.30. The molecule has 1 aromatic heterocycles. The normalized spacial score (nSPS) is 13.6. The van der Waals surface area contributed by atoms with Crippen LogP contribution in [0, 0.1) is 0 Å². The fourth-order valence-electron chi connectivity index (χ4n) is 3.80. The van der Waals surface area contributed by atoms with Crippen LogP contribution in [0.25, 0.3) is 11.3 Å². The number of piperazine rings is 1. The van der Waals surface area contributed by atoms with Crippen molar-refractivity contribution in [3.8, 4) is 28.5 Å².